The maximum absolute atomic E-state index is 13.2. The highest BCUT2D eigenvalue weighted by molar-refractivity contribution is 9.10. The van der Waals surface area contributed by atoms with Crippen molar-refractivity contribution in [3.05, 3.63) is 74.1 Å². The van der Waals surface area contributed by atoms with E-state index in [9.17, 15) is 9.59 Å². The van der Waals surface area contributed by atoms with Gasteiger partial charge in [-0.1, -0.05) is 23.2 Å². The summed E-state index contributed by atoms with van der Waals surface area (Å²) in [7, 11) is 1.39. The zero-order chi connectivity index (χ0) is 22.0. The maximum Gasteiger partial charge on any atom is 0.272 e. The molecule has 0 spiro atoms. The maximum atomic E-state index is 13.2. The van der Waals surface area contributed by atoms with Crippen LogP contribution in [0.5, 0.6) is 0 Å². The number of carbonyl (C=O) groups excluding carboxylic acids is 2. The monoisotopic (exact) mass is 510 g/mol. The first-order valence-electron chi connectivity index (χ1n) is 8.58. The molecule has 11 heteroatoms. The molecule has 8 nitrogen and oxygen atoms in total. The number of hydrogen-bond donors (Lipinski definition) is 3. The van der Waals surface area contributed by atoms with E-state index in [-0.39, 0.29) is 23.5 Å². The van der Waals surface area contributed by atoms with Crippen LogP contribution in [0.4, 0.5) is 5.69 Å². The fourth-order valence-corrected chi connectivity index (χ4v) is 3.72. The summed E-state index contributed by atoms with van der Waals surface area (Å²) in [5, 5.41) is 4.32. The lowest BCUT2D eigenvalue weighted by Gasteiger charge is -2.18. The summed E-state index contributed by atoms with van der Waals surface area (Å²) < 4.78 is 2.18. The highest BCUT2D eigenvalue weighted by atomic mass is 79.9. The minimum atomic E-state index is -0.535. The standard InChI is InChI=1S/C19H17BrCl2N6O2/c1-27(24)19(30)13-7-12(21)5-10(8-23)16(13)26-18(29)15-6-11(20)9-28(15)17-14(22)3-2-4-25-17/h2-7,9H,8,23-24H2,1H3,(H,26,29). The predicted molar refractivity (Wildman–Crippen MR) is 120 cm³/mol. The van der Waals surface area contributed by atoms with Crippen LogP contribution in [0, 0.1) is 0 Å². The first-order chi connectivity index (χ1) is 14.2. The smallest absolute Gasteiger partial charge is 0.272 e. The fraction of sp³-hybridized carbons (Fsp3) is 0.105. The molecule has 0 saturated carbocycles. The summed E-state index contributed by atoms with van der Waals surface area (Å²) in [6.45, 7) is 0.0432. The molecule has 3 aromatic rings. The number of nitrogens with zero attached hydrogens (tertiary/aromatic N) is 3. The molecule has 0 fully saturated rings. The molecule has 5 N–H and O–H groups in total. The number of pyridine rings is 1. The molecule has 2 amide bonds. The van der Waals surface area contributed by atoms with Gasteiger partial charge in [0.15, 0.2) is 5.82 Å². The van der Waals surface area contributed by atoms with Gasteiger partial charge < -0.3 is 11.1 Å². The number of nitrogens with one attached hydrogen (secondary N) is 1. The second-order valence-corrected chi connectivity index (χ2v) is 8.04. The van der Waals surface area contributed by atoms with Gasteiger partial charge in [-0.2, -0.15) is 0 Å². The molecule has 0 bridgehead atoms. The Kier molecular flexibility index (Phi) is 6.79. The van der Waals surface area contributed by atoms with Gasteiger partial charge in [-0.25, -0.2) is 10.8 Å². The van der Waals surface area contributed by atoms with Crippen molar-refractivity contribution in [3.63, 3.8) is 0 Å². The van der Waals surface area contributed by atoms with Gasteiger partial charge >= 0.3 is 0 Å². The number of hydrazine groups is 1. The van der Waals surface area contributed by atoms with Gasteiger partial charge in [0.2, 0.25) is 0 Å². The second kappa shape index (κ2) is 9.15. The van der Waals surface area contributed by atoms with Crippen molar-refractivity contribution >= 4 is 56.6 Å². The van der Waals surface area contributed by atoms with Crippen LogP contribution in [0.3, 0.4) is 0 Å². The van der Waals surface area contributed by atoms with Crippen molar-refractivity contribution in [3.8, 4) is 5.82 Å². The zero-order valence-corrected chi connectivity index (χ0v) is 18.8. The van der Waals surface area contributed by atoms with Gasteiger partial charge in [0.25, 0.3) is 11.8 Å². The number of nitrogens with two attached hydrogens (primary N) is 2. The Labute approximate surface area is 190 Å². The molecule has 30 heavy (non-hydrogen) atoms. The number of benzene rings is 1. The summed E-state index contributed by atoms with van der Waals surface area (Å²) in [6, 6.07) is 7.96. The summed E-state index contributed by atoms with van der Waals surface area (Å²) in [6.07, 6.45) is 3.23. The number of rotatable bonds is 5. The zero-order valence-electron chi connectivity index (χ0n) is 15.7. The molecular weight excluding hydrogens is 495 g/mol. The van der Waals surface area contributed by atoms with Crippen molar-refractivity contribution in [2.45, 2.75) is 6.54 Å². The highest BCUT2D eigenvalue weighted by Gasteiger charge is 2.23. The Hall–Kier alpha value is -2.43. The number of anilines is 1. The lowest BCUT2D eigenvalue weighted by Crippen LogP contribution is -2.34. The molecule has 0 saturated heterocycles. The number of aromatic nitrogens is 2. The summed E-state index contributed by atoms with van der Waals surface area (Å²) in [5.41, 5.74) is 6.88. The Bertz CT molecular complexity index is 1130. The van der Waals surface area contributed by atoms with Gasteiger partial charge in [-0.15, -0.1) is 0 Å². The molecule has 0 atom stereocenters. The fourth-order valence-electron chi connectivity index (χ4n) is 2.84. The third kappa shape index (κ3) is 4.50. The minimum absolute atomic E-state index is 0.0432. The van der Waals surface area contributed by atoms with Crippen molar-refractivity contribution in [1.82, 2.24) is 14.6 Å². The third-order valence-electron chi connectivity index (χ3n) is 4.18. The highest BCUT2D eigenvalue weighted by Crippen LogP contribution is 2.29. The van der Waals surface area contributed by atoms with Gasteiger partial charge in [-0.05, 0) is 51.8 Å². The molecule has 2 heterocycles. The van der Waals surface area contributed by atoms with E-state index in [1.165, 1.54) is 17.7 Å². The third-order valence-corrected chi connectivity index (χ3v) is 5.13. The number of hydrogen-bond acceptors (Lipinski definition) is 5. The average molecular weight is 512 g/mol. The predicted octanol–water partition coefficient (Wildman–Crippen LogP) is 3.60. The van der Waals surface area contributed by atoms with Crippen LogP contribution in [0.25, 0.3) is 5.82 Å². The van der Waals surface area contributed by atoms with E-state index in [2.05, 4.69) is 26.2 Å². The molecule has 0 aliphatic carbocycles. The van der Waals surface area contributed by atoms with Gasteiger partial charge in [0, 0.05) is 35.5 Å². The minimum Gasteiger partial charge on any atom is -0.326 e. The van der Waals surface area contributed by atoms with Crippen LogP contribution in [0.1, 0.15) is 26.4 Å². The van der Waals surface area contributed by atoms with Crippen LogP contribution in [0.2, 0.25) is 10.0 Å². The Balaban J connectivity index is 2.08. The van der Waals surface area contributed by atoms with Crippen LogP contribution in [-0.2, 0) is 6.54 Å². The molecule has 0 aliphatic heterocycles. The molecule has 0 radical (unpaired) electrons. The van der Waals surface area contributed by atoms with E-state index >= 15 is 0 Å². The second-order valence-electron chi connectivity index (χ2n) is 6.28. The SMILES string of the molecule is CN(N)C(=O)c1cc(Cl)cc(CN)c1NC(=O)c1cc(Br)cn1-c1ncccc1Cl. The molecule has 156 valence electrons. The van der Waals surface area contributed by atoms with Crippen molar-refractivity contribution < 1.29 is 9.59 Å². The van der Waals surface area contributed by atoms with Crippen LogP contribution in [-0.4, -0.2) is 33.4 Å². The lowest BCUT2D eigenvalue weighted by molar-refractivity contribution is 0.0796. The summed E-state index contributed by atoms with van der Waals surface area (Å²) >= 11 is 15.7. The largest absolute Gasteiger partial charge is 0.326 e. The number of halogens is 3. The molecular formula is C19H17BrCl2N6O2. The van der Waals surface area contributed by atoms with Crippen LogP contribution >= 0.6 is 39.1 Å². The van der Waals surface area contributed by atoms with Crippen LogP contribution < -0.4 is 16.9 Å². The topological polar surface area (TPSA) is 119 Å². The molecule has 3 rings (SSSR count). The lowest BCUT2D eigenvalue weighted by atomic mass is 10.1. The van der Waals surface area contributed by atoms with Gasteiger partial charge in [0.05, 0.1) is 16.3 Å². The Morgan fingerprint density at radius 2 is 2.03 bits per heavy atom. The molecule has 2 aromatic heterocycles. The number of amides is 2. The Morgan fingerprint density at radius 3 is 2.67 bits per heavy atom. The van der Waals surface area contributed by atoms with E-state index < -0.39 is 11.8 Å². The molecule has 1 aromatic carbocycles. The Morgan fingerprint density at radius 1 is 1.30 bits per heavy atom. The number of carbonyl (C=O) groups is 2. The molecule has 0 aliphatic rings. The van der Waals surface area contributed by atoms with E-state index in [1.54, 1.807) is 36.7 Å². The van der Waals surface area contributed by atoms with Crippen molar-refractivity contribution in [1.29, 1.82) is 0 Å². The molecule has 0 unspecified atom stereocenters. The first kappa shape index (κ1) is 22.3. The van der Waals surface area contributed by atoms with E-state index in [4.69, 9.17) is 34.8 Å². The van der Waals surface area contributed by atoms with E-state index in [1.807, 2.05) is 0 Å². The average Bonchev–Trinajstić information content (AvgIpc) is 3.10. The van der Waals surface area contributed by atoms with Crippen molar-refractivity contribution in [2.24, 2.45) is 11.6 Å². The van der Waals surface area contributed by atoms with Gasteiger partial charge in [-0.3, -0.25) is 19.2 Å². The first-order valence-corrected chi connectivity index (χ1v) is 10.1. The quantitative estimate of drug-likeness (QED) is 0.274. The van der Waals surface area contributed by atoms with Gasteiger partial charge in [0.1, 0.15) is 5.69 Å². The summed E-state index contributed by atoms with van der Waals surface area (Å²) in [4.78, 5) is 30.0. The summed E-state index contributed by atoms with van der Waals surface area (Å²) in [5.74, 6) is 4.94. The van der Waals surface area contributed by atoms with Crippen molar-refractivity contribution in [2.75, 3.05) is 12.4 Å². The van der Waals surface area contributed by atoms with E-state index in [0.29, 0.717) is 25.9 Å². The van der Waals surface area contributed by atoms with E-state index in [0.717, 1.165) is 5.01 Å². The van der Waals surface area contributed by atoms with Crippen LogP contribution in [0.15, 0.2) is 47.2 Å². The normalized spacial score (nSPS) is 10.7.